The molecule has 6 nitrogen and oxygen atoms in total. The number of piperidine rings is 1. The summed E-state index contributed by atoms with van der Waals surface area (Å²) in [5.41, 5.74) is 2.44. The van der Waals surface area contributed by atoms with Gasteiger partial charge in [-0.1, -0.05) is 44.2 Å². The molecular formula is C25H34N4O2. The Bertz CT molecular complexity index is 844. The summed E-state index contributed by atoms with van der Waals surface area (Å²) in [5, 5.41) is 3.08. The quantitative estimate of drug-likeness (QED) is 0.629. The van der Waals surface area contributed by atoms with E-state index < -0.39 is 0 Å². The van der Waals surface area contributed by atoms with Crippen LogP contribution in [0.4, 0.5) is 0 Å². The van der Waals surface area contributed by atoms with Crippen molar-refractivity contribution in [2.24, 2.45) is 5.92 Å². The molecule has 1 N–H and O–H groups in total. The van der Waals surface area contributed by atoms with Crippen LogP contribution < -0.4 is 5.32 Å². The molecule has 2 heterocycles. The standard InChI is InChI=1S/C25H34N4O2/c1-3-28(4-2)16-8-14-27-24(30)21-12-17-29(18-13-21)25(31)22-11-15-26-23(19-22)20-9-6-5-7-10-20/h5-7,9-11,15,19,21H,3-4,8,12-14,16-18H2,1-2H3,(H,27,30). The molecule has 0 unspecified atom stereocenters. The first kappa shape index (κ1) is 22.9. The van der Waals surface area contributed by atoms with Crippen molar-refractivity contribution in [1.29, 1.82) is 0 Å². The number of nitrogens with one attached hydrogen (secondary N) is 1. The lowest BCUT2D eigenvalue weighted by Gasteiger charge is -2.31. The van der Waals surface area contributed by atoms with E-state index >= 15 is 0 Å². The Hall–Kier alpha value is -2.73. The molecule has 0 radical (unpaired) electrons. The summed E-state index contributed by atoms with van der Waals surface area (Å²) in [6.45, 7) is 9.35. The van der Waals surface area contributed by atoms with Crippen molar-refractivity contribution in [1.82, 2.24) is 20.1 Å². The molecule has 0 aliphatic carbocycles. The number of nitrogens with zero attached hydrogens (tertiary/aromatic N) is 3. The van der Waals surface area contributed by atoms with Crippen LogP contribution in [-0.2, 0) is 4.79 Å². The fraction of sp³-hybridized carbons (Fsp3) is 0.480. The van der Waals surface area contributed by atoms with Gasteiger partial charge in [0.2, 0.25) is 5.91 Å². The van der Waals surface area contributed by atoms with Gasteiger partial charge in [-0.15, -0.1) is 0 Å². The Morgan fingerprint density at radius 2 is 1.81 bits per heavy atom. The summed E-state index contributed by atoms with van der Waals surface area (Å²) < 4.78 is 0. The second kappa shape index (κ2) is 11.6. The third kappa shape index (κ3) is 6.37. The number of hydrogen-bond acceptors (Lipinski definition) is 4. The molecule has 6 heteroatoms. The first-order valence-corrected chi connectivity index (χ1v) is 11.4. The average molecular weight is 423 g/mol. The van der Waals surface area contributed by atoms with Crippen LogP contribution in [0.1, 0.15) is 43.5 Å². The molecular weight excluding hydrogens is 388 g/mol. The summed E-state index contributed by atoms with van der Waals surface area (Å²) in [7, 11) is 0. The maximum absolute atomic E-state index is 13.0. The van der Waals surface area contributed by atoms with E-state index in [0.717, 1.165) is 37.3 Å². The van der Waals surface area contributed by atoms with Gasteiger partial charge in [-0.25, -0.2) is 0 Å². The van der Waals surface area contributed by atoms with Crippen LogP contribution in [0.3, 0.4) is 0 Å². The first-order valence-electron chi connectivity index (χ1n) is 11.4. The number of benzene rings is 1. The van der Waals surface area contributed by atoms with E-state index in [-0.39, 0.29) is 17.7 Å². The Balaban J connectivity index is 1.47. The van der Waals surface area contributed by atoms with E-state index in [2.05, 4.69) is 29.0 Å². The highest BCUT2D eigenvalue weighted by Crippen LogP contribution is 2.22. The number of rotatable bonds is 9. The molecule has 1 saturated heterocycles. The van der Waals surface area contributed by atoms with Gasteiger partial charge in [0.05, 0.1) is 5.69 Å². The molecule has 0 atom stereocenters. The van der Waals surface area contributed by atoms with Crippen molar-refractivity contribution in [3.8, 4) is 11.3 Å². The number of pyridine rings is 1. The summed E-state index contributed by atoms with van der Waals surface area (Å²) in [5.74, 6) is 0.134. The van der Waals surface area contributed by atoms with Crippen LogP contribution in [0.5, 0.6) is 0 Å². The van der Waals surface area contributed by atoms with E-state index in [4.69, 9.17) is 0 Å². The van der Waals surface area contributed by atoms with E-state index in [1.165, 1.54) is 0 Å². The fourth-order valence-electron chi connectivity index (χ4n) is 4.06. The first-order chi connectivity index (χ1) is 15.1. The van der Waals surface area contributed by atoms with Crippen LogP contribution >= 0.6 is 0 Å². The predicted molar refractivity (Wildman–Crippen MR) is 124 cm³/mol. The lowest BCUT2D eigenvalue weighted by Crippen LogP contribution is -2.43. The second-order valence-corrected chi connectivity index (χ2v) is 8.03. The largest absolute Gasteiger partial charge is 0.356 e. The Morgan fingerprint density at radius 3 is 2.48 bits per heavy atom. The maximum Gasteiger partial charge on any atom is 0.253 e. The molecule has 1 aromatic carbocycles. The van der Waals surface area contributed by atoms with Crippen LogP contribution in [0, 0.1) is 5.92 Å². The monoisotopic (exact) mass is 422 g/mol. The Morgan fingerprint density at radius 1 is 1.10 bits per heavy atom. The topological polar surface area (TPSA) is 65.5 Å². The highest BCUT2D eigenvalue weighted by atomic mass is 16.2. The average Bonchev–Trinajstić information content (AvgIpc) is 2.84. The van der Waals surface area contributed by atoms with Crippen LogP contribution in [-0.4, -0.2) is 65.9 Å². The zero-order chi connectivity index (χ0) is 22.1. The van der Waals surface area contributed by atoms with Gasteiger partial charge in [0.1, 0.15) is 0 Å². The molecule has 1 aliphatic rings. The number of amides is 2. The molecule has 2 aromatic rings. The van der Waals surface area contributed by atoms with Crippen molar-refractivity contribution in [2.75, 3.05) is 39.3 Å². The second-order valence-electron chi connectivity index (χ2n) is 8.03. The zero-order valence-corrected chi connectivity index (χ0v) is 18.7. The molecule has 166 valence electrons. The summed E-state index contributed by atoms with van der Waals surface area (Å²) >= 11 is 0. The van der Waals surface area contributed by atoms with Crippen LogP contribution in [0.15, 0.2) is 48.7 Å². The molecule has 2 amide bonds. The molecule has 1 aliphatic heterocycles. The SMILES string of the molecule is CCN(CC)CCCNC(=O)C1CCN(C(=O)c2ccnc(-c3ccccc3)c2)CC1. The van der Waals surface area contributed by atoms with Gasteiger partial charge >= 0.3 is 0 Å². The molecule has 31 heavy (non-hydrogen) atoms. The van der Waals surface area contributed by atoms with Crippen molar-refractivity contribution in [2.45, 2.75) is 33.1 Å². The minimum atomic E-state index is -0.00479. The number of hydrogen-bond donors (Lipinski definition) is 1. The normalized spacial score (nSPS) is 14.6. The van der Waals surface area contributed by atoms with Crippen LogP contribution in [0.25, 0.3) is 11.3 Å². The minimum Gasteiger partial charge on any atom is -0.356 e. The third-order valence-corrected chi connectivity index (χ3v) is 6.07. The number of aromatic nitrogens is 1. The third-order valence-electron chi connectivity index (χ3n) is 6.07. The van der Waals surface area contributed by atoms with E-state index in [1.807, 2.05) is 41.3 Å². The van der Waals surface area contributed by atoms with Gasteiger partial charge in [0.25, 0.3) is 5.91 Å². The van der Waals surface area contributed by atoms with Crippen molar-refractivity contribution < 1.29 is 9.59 Å². The van der Waals surface area contributed by atoms with Gasteiger partial charge in [0.15, 0.2) is 0 Å². The van der Waals surface area contributed by atoms with Gasteiger partial charge in [-0.2, -0.15) is 0 Å². The van der Waals surface area contributed by atoms with E-state index in [1.54, 1.807) is 12.3 Å². The smallest absolute Gasteiger partial charge is 0.253 e. The predicted octanol–water partition coefficient (Wildman–Crippen LogP) is 3.45. The molecule has 0 saturated carbocycles. The van der Waals surface area contributed by atoms with E-state index in [9.17, 15) is 9.59 Å². The highest BCUT2D eigenvalue weighted by molar-refractivity contribution is 5.95. The maximum atomic E-state index is 13.0. The number of likely N-dealkylation sites (tertiary alicyclic amines) is 1. The van der Waals surface area contributed by atoms with Crippen molar-refractivity contribution in [3.05, 3.63) is 54.2 Å². The van der Waals surface area contributed by atoms with Crippen molar-refractivity contribution >= 4 is 11.8 Å². The zero-order valence-electron chi connectivity index (χ0n) is 18.7. The van der Waals surface area contributed by atoms with Crippen molar-refractivity contribution in [3.63, 3.8) is 0 Å². The van der Waals surface area contributed by atoms with Gasteiger partial charge in [0, 0.05) is 42.9 Å². The van der Waals surface area contributed by atoms with E-state index in [0.29, 0.717) is 38.0 Å². The summed E-state index contributed by atoms with van der Waals surface area (Å²) in [4.78, 5) is 34.1. The lowest BCUT2D eigenvalue weighted by atomic mass is 9.95. The lowest BCUT2D eigenvalue weighted by molar-refractivity contribution is -0.126. The molecule has 3 rings (SSSR count). The number of carbonyl (C=O) groups is 2. The Labute approximate surface area is 185 Å². The summed E-state index contributed by atoms with van der Waals surface area (Å²) in [6.07, 6.45) is 4.08. The fourth-order valence-corrected chi connectivity index (χ4v) is 4.06. The molecule has 1 fully saturated rings. The van der Waals surface area contributed by atoms with Gasteiger partial charge in [-0.05, 0) is 51.0 Å². The minimum absolute atomic E-state index is 0.00479. The van der Waals surface area contributed by atoms with Gasteiger partial charge < -0.3 is 15.1 Å². The molecule has 1 aromatic heterocycles. The van der Waals surface area contributed by atoms with Gasteiger partial charge in [-0.3, -0.25) is 14.6 Å². The molecule has 0 spiro atoms. The Kier molecular flexibility index (Phi) is 8.59. The number of carbonyl (C=O) groups excluding carboxylic acids is 2. The summed E-state index contributed by atoms with van der Waals surface area (Å²) in [6, 6.07) is 13.5. The molecule has 0 bridgehead atoms. The highest BCUT2D eigenvalue weighted by Gasteiger charge is 2.27. The van der Waals surface area contributed by atoms with Crippen LogP contribution in [0.2, 0.25) is 0 Å².